The van der Waals surface area contributed by atoms with Crippen molar-refractivity contribution in [3.05, 3.63) is 12.2 Å². The average Bonchev–Trinajstić information content (AvgIpc) is 2.67. The fraction of sp³-hybridized carbons (Fsp3) is 0.667. The van der Waals surface area contributed by atoms with E-state index in [0.717, 1.165) is 0 Å². The molecule has 0 spiro atoms. The molecule has 2 bridgehead atoms. The van der Waals surface area contributed by atoms with Crippen LogP contribution >= 0.6 is 12.2 Å². The molecule has 0 aliphatic heterocycles. The first kappa shape index (κ1) is 11.6. The van der Waals surface area contributed by atoms with Gasteiger partial charge in [-0.2, -0.15) is 5.10 Å². The summed E-state index contributed by atoms with van der Waals surface area (Å²) < 4.78 is 0. The number of hydrogen-bond donors (Lipinski definition) is 2. The van der Waals surface area contributed by atoms with Crippen LogP contribution in [-0.4, -0.2) is 11.3 Å². The largest absolute Gasteiger partial charge is 0.375 e. The van der Waals surface area contributed by atoms with Gasteiger partial charge in [-0.3, -0.25) is 5.43 Å². The van der Waals surface area contributed by atoms with Crippen molar-refractivity contribution in [2.75, 3.05) is 0 Å². The Kier molecular flexibility index (Phi) is 2.57. The maximum Gasteiger partial charge on any atom is 0.184 e. The van der Waals surface area contributed by atoms with Crippen molar-refractivity contribution in [1.82, 2.24) is 5.43 Å². The number of fused-ring (bicyclic) bond motifs is 2. The van der Waals surface area contributed by atoms with Gasteiger partial charge in [0.15, 0.2) is 5.11 Å². The lowest BCUT2D eigenvalue weighted by Gasteiger charge is -2.40. The molecule has 0 aromatic carbocycles. The van der Waals surface area contributed by atoms with Crippen LogP contribution in [-0.2, 0) is 0 Å². The number of hydrazone groups is 1. The van der Waals surface area contributed by atoms with Crippen molar-refractivity contribution in [2.24, 2.45) is 27.6 Å². The second-order valence-electron chi connectivity index (χ2n) is 5.48. The zero-order valence-corrected chi connectivity index (χ0v) is 10.7. The van der Waals surface area contributed by atoms with E-state index in [1.807, 2.05) is 6.21 Å². The Morgan fingerprint density at radius 3 is 2.88 bits per heavy atom. The summed E-state index contributed by atoms with van der Waals surface area (Å²) in [5, 5.41) is 4.39. The van der Waals surface area contributed by atoms with Crippen molar-refractivity contribution in [2.45, 2.75) is 33.1 Å². The number of thiocarbonyl (C=S) groups is 1. The van der Waals surface area contributed by atoms with Crippen molar-refractivity contribution < 1.29 is 0 Å². The van der Waals surface area contributed by atoms with E-state index in [0.29, 0.717) is 5.92 Å². The second-order valence-corrected chi connectivity index (χ2v) is 5.92. The number of rotatable bonds is 2. The minimum atomic E-state index is 0.136. The third-order valence-electron chi connectivity index (χ3n) is 4.58. The molecule has 88 valence electrons. The van der Waals surface area contributed by atoms with Gasteiger partial charge in [0, 0.05) is 11.6 Å². The lowest BCUT2D eigenvalue weighted by Crippen LogP contribution is -2.37. The Balaban J connectivity index is 2.21. The summed E-state index contributed by atoms with van der Waals surface area (Å²) >= 11 is 4.73. The fourth-order valence-electron chi connectivity index (χ4n) is 3.27. The predicted octanol–water partition coefficient (Wildman–Crippen LogP) is 2.19. The molecule has 2 rings (SSSR count). The standard InChI is InChI=1S/C12H19N3S/c1-8-9-4-5-12(6-9,11(8,2)3)7-14-15-10(13)16/h7,9H,1,4-6H2,2-3H3,(H3,13,15,16)/b14-7+. The summed E-state index contributed by atoms with van der Waals surface area (Å²) in [5.74, 6) is 0.672. The lowest BCUT2D eigenvalue weighted by molar-refractivity contribution is 0.225. The first-order valence-electron chi connectivity index (χ1n) is 5.68. The van der Waals surface area contributed by atoms with Crippen LogP contribution in [0.2, 0.25) is 0 Å². The van der Waals surface area contributed by atoms with Gasteiger partial charge >= 0.3 is 0 Å². The zero-order valence-electron chi connectivity index (χ0n) is 9.92. The van der Waals surface area contributed by atoms with Gasteiger partial charge in [0.25, 0.3) is 0 Å². The molecule has 0 radical (unpaired) electrons. The minimum absolute atomic E-state index is 0.136. The van der Waals surface area contributed by atoms with E-state index >= 15 is 0 Å². The van der Waals surface area contributed by atoms with Crippen molar-refractivity contribution >= 4 is 23.5 Å². The van der Waals surface area contributed by atoms with Gasteiger partial charge in [0.1, 0.15) is 0 Å². The minimum Gasteiger partial charge on any atom is -0.375 e. The van der Waals surface area contributed by atoms with Gasteiger partial charge in [-0.1, -0.05) is 26.0 Å². The van der Waals surface area contributed by atoms with E-state index in [1.165, 1.54) is 24.8 Å². The van der Waals surface area contributed by atoms with E-state index < -0.39 is 0 Å². The predicted molar refractivity (Wildman–Crippen MR) is 71.1 cm³/mol. The smallest absolute Gasteiger partial charge is 0.184 e. The molecule has 3 N–H and O–H groups in total. The molecule has 0 amide bonds. The normalized spacial score (nSPS) is 35.9. The van der Waals surface area contributed by atoms with Gasteiger partial charge < -0.3 is 5.73 Å². The lowest BCUT2D eigenvalue weighted by atomic mass is 9.64. The monoisotopic (exact) mass is 237 g/mol. The van der Waals surface area contributed by atoms with E-state index in [1.54, 1.807) is 0 Å². The molecule has 0 aromatic heterocycles. The molecule has 4 heteroatoms. The van der Waals surface area contributed by atoms with Crippen LogP contribution < -0.4 is 11.2 Å². The van der Waals surface area contributed by atoms with Crippen molar-refractivity contribution in [1.29, 1.82) is 0 Å². The summed E-state index contributed by atoms with van der Waals surface area (Å²) in [6, 6.07) is 0. The Labute approximate surface area is 102 Å². The highest BCUT2D eigenvalue weighted by Crippen LogP contribution is 2.65. The zero-order chi connectivity index (χ0) is 12.0. The van der Waals surface area contributed by atoms with Crippen LogP contribution in [0, 0.1) is 16.7 Å². The Morgan fingerprint density at radius 2 is 2.38 bits per heavy atom. The topological polar surface area (TPSA) is 50.4 Å². The Bertz CT molecular complexity index is 372. The third kappa shape index (κ3) is 1.47. The number of nitrogens with zero attached hydrogens (tertiary/aromatic N) is 1. The molecular formula is C12H19N3S. The molecule has 2 aliphatic carbocycles. The van der Waals surface area contributed by atoms with Crippen LogP contribution in [0.5, 0.6) is 0 Å². The van der Waals surface area contributed by atoms with E-state index in [4.69, 9.17) is 18.0 Å². The highest BCUT2D eigenvalue weighted by atomic mass is 32.1. The molecule has 0 saturated heterocycles. The molecule has 16 heavy (non-hydrogen) atoms. The van der Waals surface area contributed by atoms with Gasteiger partial charge in [-0.25, -0.2) is 0 Å². The highest BCUT2D eigenvalue weighted by molar-refractivity contribution is 7.80. The first-order valence-corrected chi connectivity index (χ1v) is 6.09. The highest BCUT2D eigenvalue weighted by Gasteiger charge is 2.58. The van der Waals surface area contributed by atoms with Crippen LogP contribution in [0.1, 0.15) is 33.1 Å². The molecule has 0 heterocycles. The SMILES string of the molecule is C=C1C2CCC(/C=N/NC(N)=S)(C2)C1(C)C. The number of hydrogen-bond acceptors (Lipinski definition) is 2. The molecule has 2 aliphatic rings. The molecule has 0 aromatic rings. The fourth-order valence-corrected chi connectivity index (χ4v) is 3.32. The van der Waals surface area contributed by atoms with E-state index in [9.17, 15) is 0 Å². The maximum atomic E-state index is 5.36. The summed E-state index contributed by atoms with van der Waals surface area (Å²) in [5.41, 5.74) is 9.66. The Hall–Kier alpha value is -0.900. The molecule has 2 atom stereocenters. The van der Waals surface area contributed by atoms with Crippen LogP contribution in [0.15, 0.2) is 17.3 Å². The first-order chi connectivity index (χ1) is 7.39. The number of nitrogens with two attached hydrogens (primary N) is 1. The molecule has 3 nitrogen and oxygen atoms in total. The van der Waals surface area contributed by atoms with Gasteiger partial charge in [-0.15, -0.1) is 0 Å². The summed E-state index contributed by atoms with van der Waals surface area (Å²) in [6.45, 7) is 8.78. The quantitative estimate of drug-likeness (QED) is 0.335. The summed E-state index contributed by atoms with van der Waals surface area (Å²) in [4.78, 5) is 0. The van der Waals surface area contributed by atoms with Gasteiger partial charge in [0.05, 0.1) is 0 Å². The Morgan fingerprint density at radius 1 is 1.69 bits per heavy atom. The van der Waals surface area contributed by atoms with Crippen molar-refractivity contribution in [3.63, 3.8) is 0 Å². The van der Waals surface area contributed by atoms with Crippen LogP contribution in [0.4, 0.5) is 0 Å². The van der Waals surface area contributed by atoms with E-state index in [-0.39, 0.29) is 15.9 Å². The second kappa shape index (κ2) is 3.55. The van der Waals surface area contributed by atoms with Crippen LogP contribution in [0.25, 0.3) is 0 Å². The van der Waals surface area contributed by atoms with E-state index in [2.05, 4.69) is 31.0 Å². The molecule has 2 fully saturated rings. The molecule has 2 unspecified atom stereocenters. The van der Waals surface area contributed by atoms with Crippen LogP contribution in [0.3, 0.4) is 0 Å². The number of allylic oxidation sites excluding steroid dienone is 1. The molecule has 2 saturated carbocycles. The molecular weight excluding hydrogens is 218 g/mol. The average molecular weight is 237 g/mol. The summed E-state index contributed by atoms with van der Waals surface area (Å²) in [7, 11) is 0. The van der Waals surface area contributed by atoms with Gasteiger partial charge in [0.2, 0.25) is 0 Å². The number of nitrogens with one attached hydrogen (secondary N) is 1. The maximum absolute atomic E-state index is 5.36. The van der Waals surface area contributed by atoms with Crippen molar-refractivity contribution in [3.8, 4) is 0 Å². The van der Waals surface area contributed by atoms with Gasteiger partial charge in [-0.05, 0) is 42.8 Å². The summed E-state index contributed by atoms with van der Waals surface area (Å²) in [6.07, 6.45) is 5.60. The third-order valence-corrected chi connectivity index (χ3v) is 4.67.